The van der Waals surface area contributed by atoms with E-state index in [1.54, 1.807) is 6.92 Å². The Morgan fingerprint density at radius 1 is 1.48 bits per heavy atom. The molecule has 1 atom stereocenters. The minimum Gasteiger partial charge on any atom is -0.448 e. The molecule has 0 saturated carbocycles. The number of aromatic nitrogens is 1. The predicted octanol–water partition coefficient (Wildman–Crippen LogP) is 2.09. The summed E-state index contributed by atoms with van der Waals surface area (Å²) in [5.41, 5.74) is 0.358. The number of hydrogen-bond donors (Lipinski definition) is 0. The lowest BCUT2D eigenvalue weighted by molar-refractivity contribution is -0.127. The van der Waals surface area contributed by atoms with Gasteiger partial charge in [-0.05, 0) is 39.7 Å². The Hall–Kier alpha value is -1.40. The van der Waals surface area contributed by atoms with Crippen molar-refractivity contribution in [2.75, 3.05) is 33.3 Å². The molecule has 3 rings (SSSR count). The average Bonchev–Trinajstić information content (AvgIpc) is 2.98. The van der Waals surface area contributed by atoms with Crippen LogP contribution in [-0.4, -0.2) is 65.6 Å². The van der Waals surface area contributed by atoms with Crippen LogP contribution in [-0.2, 0) is 4.74 Å². The first-order chi connectivity index (χ1) is 11.0. The van der Waals surface area contributed by atoms with Gasteiger partial charge in [0.25, 0.3) is 5.91 Å². The number of carbonyl (C=O) groups excluding carboxylic acids is 1. The zero-order valence-electron chi connectivity index (χ0n) is 14.4. The van der Waals surface area contributed by atoms with Gasteiger partial charge in [-0.2, -0.15) is 0 Å². The number of hydrogen-bond acceptors (Lipinski definition) is 5. The highest BCUT2D eigenvalue weighted by Crippen LogP contribution is 2.36. The zero-order chi connectivity index (χ0) is 16.4. The summed E-state index contributed by atoms with van der Waals surface area (Å²) in [4.78, 5) is 21.2. The number of piperidine rings is 1. The average molecular weight is 321 g/mol. The summed E-state index contributed by atoms with van der Waals surface area (Å²) < 4.78 is 11.4. The lowest BCUT2D eigenvalue weighted by atomic mass is 9.82. The van der Waals surface area contributed by atoms with Gasteiger partial charge in [0.05, 0.1) is 5.60 Å². The van der Waals surface area contributed by atoms with Crippen LogP contribution in [0, 0.1) is 6.92 Å². The van der Waals surface area contributed by atoms with Crippen molar-refractivity contribution in [3.05, 3.63) is 17.8 Å². The predicted molar refractivity (Wildman–Crippen MR) is 86.4 cm³/mol. The van der Waals surface area contributed by atoms with E-state index >= 15 is 0 Å². The third-order valence-electron chi connectivity index (χ3n) is 5.25. The fourth-order valence-electron chi connectivity index (χ4n) is 3.82. The number of nitrogens with zero attached hydrogens (tertiary/aromatic N) is 3. The zero-order valence-corrected chi connectivity index (χ0v) is 14.4. The molecule has 2 aliphatic rings. The standard InChI is InChI=1S/C17H27N3O3/c1-4-20(16(21)15-12-22-13(2)18-15)14-5-10-23-17(11-14)6-8-19(3)9-7-17/h12,14H,4-11H2,1-3H3/t14-/m1/s1. The van der Waals surface area contributed by atoms with Crippen LogP contribution in [0.3, 0.4) is 0 Å². The molecule has 2 fully saturated rings. The third kappa shape index (κ3) is 3.43. The smallest absolute Gasteiger partial charge is 0.276 e. The number of aryl methyl sites for hydroxylation is 1. The molecule has 2 saturated heterocycles. The Balaban J connectivity index is 1.72. The maximum atomic E-state index is 12.8. The molecule has 1 spiro atoms. The van der Waals surface area contributed by atoms with E-state index in [0.29, 0.717) is 18.1 Å². The van der Waals surface area contributed by atoms with Gasteiger partial charge >= 0.3 is 0 Å². The number of rotatable bonds is 3. The molecule has 3 heterocycles. The van der Waals surface area contributed by atoms with Crippen LogP contribution in [0.25, 0.3) is 0 Å². The molecule has 128 valence electrons. The highest BCUT2D eigenvalue weighted by molar-refractivity contribution is 5.92. The van der Waals surface area contributed by atoms with E-state index in [4.69, 9.17) is 9.15 Å². The summed E-state index contributed by atoms with van der Waals surface area (Å²) in [5.74, 6) is 0.502. The molecular weight excluding hydrogens is 294 g/mol. The minimum absolute atomic E-state index is 0.0284. The number of carbonyl (C=O) groups is 1. The Morgan fingerprint density at radius 3 is 2.83 bits per heavy atom. The van der Waals surface area contributed by atoms with E-state index < -0.39 is 0 Å². The minimum atomic E-state index is -0.0527. The van der Waals surface area contributed by atoms with Gasteiger partial charge in [0.1, 0.15) is 6.26 Å². The topological polar surface area (TPSA) is 58.8 Å². The summed E-state index contributed by atoms with van der Waals surface area (Å²) in [7, 11) is 2.15. The van der Waals surface area contributed by atoms with Crippen LogP contribution in [0.5, 0.6) is 0 Å². The van der Waals surface area contributed by atoms with E-state index in [9.17, 15) is 4.79 Å². The van der Waals surface area contributed by atoms with Crippen LogP contribution in [0.15, 0.2) is 10.7 Å². The first-order valence-electron chi connectivity index (χ1n) is 8.58. The quantitative estimate of drug-likeness (QED) is 0.853. The van der Waals surface area contributed by atoms with Gasteiger partial charge in [-0.1, -0.05) is 0 Å². The summed E-state index contributed by atoms with van der Waals surface area (Å²) in [6, 6.07) is 0.224. The maximum absolute atomic E-state index is 12.8. The van der Waals surface area contributed by atoms with Gasteiger partial charge in [-0.3, -0.25) is 4.79 Å². The van der Waals surface area contributed by atoms with Crippen molar-refractivity contribution in [2.45, 2.75) is 51.2 Å². The lowest BCUT2D eigenvalue weighted by Crippen LogP contribution is -2.54. The third-order valence-corrected chi connectivity index (χ3v) is 5.25. The van der Waals surface area contributed by atoms with Gasteiger partial charge in [0, 0.05) is 39.2 Å². The van der Waals surface area contributed by atoms with Gasteiger partial charge in [-0.15, -0.1) is 0 Å². The fraction of sp³-hybridized carbons (Fsp3) is 0.765. The van der Waals surface area contributed by atoms with Crippen molar-refractivity contribution in [1.29, 1.82) is 0 Å². The monoisotopic (exact) mass is 321 g/mol. The van der Waals surface area contributed by atoms with Crippen molar-refractivity contribution < 1.29 is 13.9 Å². The van der Waals surface area contributed by atoms with Crippen molar-refractivity contribution in [3.63, 3.8) is 0 Å². The SMILES string of the molecule is CCN(C(=O)c1coc(C)n1)[C@@H]1CCOC2(CCN(C)CC2)C1. The summed E-state index contributed by atoms with van der Waals surface area (Å²) in [6.45, 7) is 7.34. The molecule has 1 aromatic rings. The summed E-state index contributed by atoms with van der Waals surface area (Å²) >= 11 is 0. The molecule has 23 heavy (non-hydrogen) atoms. The fourth-order valence-corrected chi connectivity index (χ4v) is 3.82. The molecule has 6 nitrogen and oxygen atoms in total. The highest BCUT2D eigenvalue weighted by atomic mass is 16.5. The van der Waals surface area contributed by atoms with E-state index in [0.717, 1.165) is 45.4 Å². The van der Waals surface area contributed by atoms with Crippen LogP contribution < -0.4 is 0 Å². The van der Waals surface area contributed by atoms with Gasteiger partial charge in [0.15, 0.2) is 11.6 Å². The van der Waals surface area contributed by atoms with Crippen molar-refractivity contribution in [3.8, 4) is 0 Å². The largest absolute Gasteiger partial charge is 0.448 e. The second-order valence-corrected chi connectivity index (χ2v) is 6.82. The Labute approximate surface area is 137 Å². The first-order valence-corrected chi connectivity index (χ1v) is 8.58. The molecule has 0 aliphatic carbocycles. The summed E-state index contributed by atoms with van der Waals surface area (Å²) in [6.07, 6.45) is 5.39. The van der Waals surface area contributed by atoms with Crippen molar-refractivity contribution in [2.24, 2.45) is 0 Å². The molecule has 6 heteroatoms. The Kier molecular flexibility index (Phi) is 4.73. The molecule has 0 radical (unpaired) electrons. The van der Waals surface area contributed by atoms with Crippen molar-refractivity contribution in [1.82, 2.24) is 14.8 Å². The highest BCUT2D eigenvalue weighted by Gasteiger charge is 2.42. The van der Waals surface area contributed by atoms with Gasteiger partial charge in [0.2, 0.25) is 0 Å². The number of amides is 1. The van der Waals surface area contributed by atoms with Crippen molar-refractivity contribution >= 4 is 5.91 Å². The van der Waals surface area contributed by atoms with Crippen LogP contribution in [0.2, 0.25) is 0 Å². The molecule has 2 aliphatic heterocycles. The molecular formula is C17H27N3O3. The van der Waals surface area contributed by atoms with Crippen LogP contribution in [0.4, 0.5) is 0 Å². The molecule has 0 N–H and O–H groups in total. The second kappa shape index (κ2) is 6.61. The second-order valence-electron chi connectivity index (χ2n) is 6.82. The number of oxazole rings is 1. The molecule has 1 aromatic heterocycles. The lowest BCUT2D eigenvalue weighted by Gasteiger charge is -2.47. The Bertz CT molecular complexity index is 549. The number of ether oxygens (including phenoxy) is 1. The first kappa shape index (κ1) is 16.5. The normalized spacial score (nSPS) is 24.7. The number of likely N-dealkylation sites (tertiary alicyclic amines) is 1. The van der Waals surface area contributed by atoms with Crippen LogP contribution >= 0.6 is 0 Å². The van der Waals surface area contributed by atoms with Gasteiger partial charge < -0.3 is 19.0 Å². The van der Waals surface area contributed by atoms with Gasteiger partial charge in [-0.25, -0.2) is 4.98 Å². The molecule has 0 unspecified atom stereocenters. The molecule has 1 amide bonds. The van der Waals surface area contributed by atoms with E-state index in [2.05, 4.69) is 16.9 Å². The maximum Gasteiger partial charge on any atom is 0.276 e. The van der Waals surface area contributed by atoms with E-state index in [1.807, 2.05) is 11.8 Å². The van der Waals surface area contributed by atoms with E-state index in [-0.39, 0.29) is 17.6 Å². The molecule has 0 bridgehead atoms. The van der Waals surface area contributed by atoms with E-state index in [1.165, 1.54) is 6.26 Å². The molecule has 0 aromatic carbocycles. The Morgan fingerprint density at radius 2 is 2.22 bits per heavy atom. The summed E-state index contributed by atoms with van der Waals surface area (Å²) in [5, 5.41) is 0. The van der Waals surface area contributed by atoms with Crippen LogP contribution in [0.1, 0.15) is 49.0 Å².